The minimum absolute atomic E-state index is 0.00945. The molecule has 1 saturated heterocycles. The van der Waals surface area contributed by atoms with E-state index in [9.17, 15) is 9.59 Å². The fourth-order valence-electron chi connectivity index (χ4n) is 3.34. The van der Waals surface area contributed by atoms with Gasteiger partial charge in [0.1, 0.15) is 0 Å². The van der Waals surface area contributed by atoms with Crippen LogP contribution in [0.25, 0.3) is 0 Å². The van der Waals surface area contributed by atoms with Crippen LogP contribution in [0.1, 0.15) is 45.6 Å². The van der Waals surface area contributed by atoms with Crippen molar-refractivity contribution < 1.29 is 9.59 Å². The number of piperidine rings is 1. The SMILES string of the molecule is CCNCc1ccccc1NC(=O)CC1CCCN(C(=O)NCC(C)C)C1. The molecule has 0 spiro atoms. The maximum Gasteiger partial charge on any atom is 0.317 e. The quantitative estimate of drug-likeness (QED) is 0.654. The molecule has 0 saturated carbocycles. The number of hydrogen-bond donors (Lipinski definition) is 3. The Morgan fingerprint density at radius 3 is 2.78 bits per heavy atom. The number of amides is 3. The molecule has 1 atom stereocenters. The van der Waals surface area contributed by atoms with E-state index in [0.29, 0.717) is 25.4 Å². The molecule has 6 nitrogen and oxygen atoms in total. The number of para-hydroxylation sites is 1. The van der Waals surface area contributed by atoms with Gasteiger partial charge in [0.2, 0.25) is 5.91 Å². The fourth-order valence-corrected chi connectivity index (χ4v) is 3.34. The first kappa shape index (κ1) is 21.2. The maximum absolute atomic E-state index is 12.5. The lowest BCUT2D eigenvalue weighted by Gasteiger charge is -2.32. The third-order valence-electron chi connectivity index (χ3n) is 4.80. The van der Waals surface area contributed by atoms with Gasteiger partial charge in [-0.2, -0.15) is 0 Å². The molecule has 3 amide bonds. The molecule has 3 N–H and O–H groups in total. The van der Waals surface area contributed by atoms with E-state index in [1.165, 1.54) is 0 Å². The second-order valence-electron chi connectivity index (χ2n) is 7.72. The Morgan fingerprint density at radius 2 is 2.04 bits per heavy atom. The van der Waals surface area contributed by atoms with Gasteiger partial charge >= 0.3 is 6.03 Å². The van der Waals surface area contributed by atoms with E-state index < -0.39 is 0 Å². The van der Waals surface area contributed by atoms with Gasteiger partial charge in [-0.15, -0.1) is 0 Å². The van der Waals surface area contributed by atoms with Crippen LogP contribution in [0.15, 0.2) is 24.3 Å². The molecule has 1 heterocycles. The zero-order valence-electron chi connectivity index (χ0n) is 16.9. The second kappa shape index (κ2) is 10.9. The van der Waals surface area contributed by atoms with Gasteiger partial charge < -0.3 is 20.9 Å². The van der Waals surface area contributed by atoms with E-state index in [2.05, 4.69) is 36.7 Å². The number of likely N-dealkylation sites (tertiary alicyclic amines) is 1. The highest BCUT2D eigenvalue weighted by Gasteiger charge is 2.25. The number of benzene rings is 1. The van der Waals surface area contributed by atoms with E-state index in [-0.39, 0.29) is 17.9 Å². The van der Waals surface area contributed by atoms with Gasteiger partial charge in [0, 0.05) is 38.3 Å². The van der Waals surface area contributed by atoms with Gasteiger partial charge in [-0.05, 0) is 42.9 Å². The summed E-state index contributed by atoms with van der Waals surface area (Å²) in [6.45, 7) is 9.95. The first-order valence-electron chi connectivity index (χ1n) is 10.1. The monoisotopic (exact) mass is 374 g/mol. The zero-order valence-corrected chi connectivity index (χ0v) is 16.9. The van der Waals surface area contributed by atoms with Crippen LogP contribution in [0.2, 0.25) is 0 Å². The highest BCUT2D eigenvalue weighted by atomic mass is 16.2. The Kier molecular flexibility index (Phi) is 8.58. The topological polar surface area (TPSA) is 73.5 Å². The van der Waals surface area contributed by atoms with Crippen LogP contribution >= 0.6 is 0 Å². The van der Waals surface area contributed by atoms with Crippen molar-refractivity contribution >= 4 is 17.6 Å². The standard InChI is InChI=1S/C21H34N4O2/c1-4-22-14-18-9-5-6-10-19(18)24-20(26)12-17-8-7-11-25(15-17)21(27)23-13-16(2)3/h5-6,9-10,16-17,22H,4,7-8,11-15H2,1-3H3,(H,23,27)(H,24,26). The summed E-state index contributed by atoms with van der Waals surface area (Å²) in [6.07, 6.45) is 2.38. The zero-order chi connectivity index (χ0) is 19.6. The number of anilines is 1. The summed E-state index contributed by atoms with van der Waals surface area (Å²) in [5, 5.41) is 9.32. The van der Waals surface area contributed by atoms with Gasteiger partial charge in [-0.25, -0.2) is 4.79 Å². The first-order valence-corrected chi connectivity index (χ1v) is 10.1. The van der Waals surface area contributed by atoms with Crippen molar-refractivity contribution in [3.63, 3.8) is 0 Å². The molecule has 1 aromatic rings. The molecule has 0 aliphatic carbocycles. The average molecular weight is 375 g/mol. The van der Waals surface area contributed by atoms with E-state index in [1.807, 2.05) is 29.2 Å². The van der Waals surface area contributed by atoms with E-state index in [0.717, 1.165) is 43.7 Å². The summed E-state index contributed by atoms with van der Waals surface area (Å²) in [5.41, 5.74) is 1.96. The minimum atomic E-state index is -0.00945. The Hall–Kier alpha value is -2.08. The van der Waals surface area contributed by atoms with Crippen LogP contribution in [0.5, 0.6) is 0 Å². The van der Waals surface area contributed by atoms with Crippen LogP contribution < -0.4 is 16.0 Å². The normalized spacial score (nSPS) is 17.0. The molecule has 1 unspecified atom stereocenters. The average Bonchev–Trinajstić information content (AvgIpc) is 2.65. The number of carbonyl (C=O) groups excluding carboxylic acids is 2. The van der Waals surface area contributed by atoms with Gasteiger partial charge in [0.15, 0.2) is 0 Å². The molecule has 150 valence electrons. The van der Waals surface area contributed by atoms with Crippen LogP contribution in [0.4, 0.5) is 10.5 Å². The van der Waals surface area contributed by atoms with Crippen LogP contribution in [0, 0.1) is 11.8 Å². The Morgan fingerprint density at radius 1 is 1.26 bits per heavy atom. The molecule has 27 heavy (non-hydrogen) atoms. The molecule has 1 fully saturated rings. The molecule has 1 aliphatic heterocycles. The number of hydrogen-bond acceptors (Lipinski definition) is 3. The summed E-state index contributed by atoms with van der Waals surface area (Å²) in [4.78, 5) is 26.7. The number of nitrogens with one attached hydrogen (secondary N) is 3. The molecular weight excluding hydrogens is 340 g/mol. The van der Waals surface area contributed by atoms with Crippen LogP contribution in [-0.4, -0.2) is 43.0 Å². The van der Waals surface area contributed by atoms with E-state index >= 15 is 0 Å². The highest BCUT2D eigenvalue weighted by Crippen LogP contribution is 2.21. The number of nitrogens with zero attached hydrogens (tertiary/aromatic N) is 1. The Balaban J connectivity index is 1.86. The lowest BCUT2D eigenvalue weighted by atomic mass is 9.94. The van der Waals surface area contributed by atoms with Crippen molar-refractivity contribution in [2.24, 2.45) is 11.8 Å². The highest BCUT2D eigenvalue weighted by molar-refractivity contribution is 5.91. The molecule has 6 heteroatoms. The molecule has 0 bridgehead atoms. The van der Waals surface area contributed by atoms with Crippen molar-refractivity contribution in [2.75, 3.05) is 31.5 Å². The predicted octanol–water partition coefficient (Wildman–Crippen LogP) is 3.20. The second-order valence-corrected chi connectivity index (χ2v) is 7.72. The molecular formula is C21H34N4O2. The molecule has 0 aromatic heterocycles. The van der Waals surface area contributed by atoms with Crippen LogP contribution in [0.3, 0.4) is 0 Å². The van der Waals surface area contributed by atoms with Crippen molar-refractivity contribution in [3.05, 3.63) is 29.8 Å². The molecule has 1 aliphatic rings. The number of urea groups is 1. The third-order valence-corrected chi connectivity index (χ3v) is 4.80. The van der Waals surface area contributed by atoms with Crippen LogP contribution in [-0.2, 0) is 11.3 Å². The minimum Gasteiger partial charge on any atom is -0.338 e. The van der Waals surface area contributed by atoms with E-state index in [4.69, 9.17) is 0 Å². The van der Waals surface area contributed by atoms with E-state index in [1.54, 1.807) is 0 Å². The van der Waals surface area contributed by atoms with Crippen molar-refractivity contribution in [1.29, 1.82) is 0 Å². The predicted molar refractivity (Wildman–Crippen MR) is 110 cm³/mol. The number of rotatable bonds is 8. The summed E-state index contributed by atoms with van der Waals surface area (Å²) >= 11 is 0. The van der Waals surface area contributed by atoms with Gasteiger partial charge in [-0.3, -0.25) is 4.79 Å². The van der Waals surface area contributed by atoms with Gasteiger partial charge in [0.25, 0.3) is 0 Å². The maximum atomic E-state index is 12.5. The van der Waals surface area contributed by atoms with Crippen molar-refractivity contribution in [3.8, 4) is 0 Å². The Labute approximate surface area is 163 Å². The molecule has 2 rings (SSSR count). The van der Waals surface area contributed by atoms with Gasteiger partial charge in [-0.1, -0.05) is 39.0 Å². The largest absolute Gasteiger partial charge is 0.338 e. The molecule has 1 aromatic carbocycles. The summed E-state index contributed by atoms with van der Waals surface area (Å²) in [6, 6.07) is 7.88. The summed E-state index contributed by atoms with van der Waals surface area (Å²) in [5.74, 6) is 0.667. The van der Waals surface area contributed by atoms with Crippen molar-refractivity contribution in [2.45, 2.75) is 46.6 Å². The Bertz CT molecular complexity index is 618. The first-order chi connectivity index (χ1) is 13.0. The summed E-state index contributed by atoms with van der Waals surface area (Å²) in [7, 11) is 0. The smallest absolute Gasteiger partial charge is 0.317 e. The molecule has 0 radical (unpaired) electrons. The van der Waals surface area contributed by atoms with Crippen molar-refractivity contribution in [1.82, 2.24) is 15.5 Å². The lowest BCUT2D eigenvalue weighted by Crippen LogP contribution is -2.46. The third kappa shape index (κ3) is 7.21. The lowest BCUT2D eigenvalue weighted by molar-refractivity contribution is -0.117. The fraction of sp³-hybridized carbons (Fsp3) is 0.619. The summed E-state index contributed by atoms with van der Waals surface area (Å²) < 4.78 is 0. The van der Waals surface area contributed by atoms with Gasteiger partial charge in [0.05, 0.1) is 0 Å². The number of carbonyl (C=O) groups is 2.